The molecule has 0 fully saturated rings. The van der Waals surface area contributed by atoms with E-state index in [2.05, 4.69) is 4.18 Å². The zero-order valence-corrected chi connectivity index (χ0v) is 7.30. The first-order chi connectivity index (χ1) is 4.96. The molecule has 0 aliphatic heterocycles. The summed E-state index contributed by atoms with van der Waals surface area (Å²) in [7, 11) is -6.25. The standard InChI is InChI=1S/C2BrF5O3S/c3-1(4,5)11-12(9,10)2(6,7)8. The van der Waals surface area contributed by atoms with Crippen LogP contribution in [0, 0.1) is 0 Å². The topological polar surface area (TPSA) is 43.4 Å². The van der Waals surface area contributed by atoms with Gasteiger partial charge in [0.25, 0.3) is 0 Å². The van der Waals surface area contributed by atoms with Crippen LogP contribution in [0.3, 0.4) is 0 Å². The van der Waals surface area contributed by atoms with E-state index >= 15 is 0 Å². The summed E-state index contributed by atoms with van der Waals surface area (Å²) in [6, 6.07) is 0. The first kappa shape index (κ1) is 12.0. The van der Waals surface area contributed by atoms with Crippen molar-refractivity contribution in [3.63, 3.8) is 0 Å². The Morgan fingerprint density at radius 3 is 1.50 bits per heavy atom. The van der Waals surface area contributed by atoms with Crippen LogP contribution in [-0.2, 0) is 14.3 Å². The smallest absolute Gasteiger partial charge is 0.189 e. The predicted molar refractivity (Wildman–Crippen MR) is 29.9 cm³/mol. The molecule has 0 bridgehead atoms. The quantitative estimate of drug-likeness (QED) is 0.335. The van der Waals surface area contributed by atoms with Crippen molar-refractivity contribution in [2.75, 3.05) is 0 Å². The molecule has 3 nitrogen and oxygen atoms in total. The summed E-state index contributed by atoms with van der Waals surface area (Å²) in [5, 5.41) is -4.55. The van der Waals surface area contributed by atoms with Crippen LogP contribution in [0.1, 0.15) is 0 Å². The molecule has 0 radical (unpaired) electrons. The van der Waals surface area contributed by atoms with Crippen LogP contribution in [-0.4, -0.2) is 18.9 Å². The number of hydrogen-bond acceptors (Lipinski definition) is 3. The zero-order valence-electron chi connectivity index (χ0n) is 4.90. The van der Waals surface area contributed by atoms with Gasteiger partial charge >= 0.3 is 20.6 Å². The molecule has 12 heavy (non-hydrogen) atoms. The average molecular weight is 279 g/mol. The van der Waals surface area contributed by atoms with Gasteiger partial charge in [0.05, 0.1) is 0 Å². The molecule has 0 spiro atoms. The van der Waals surface area contributed by atoms with E-state index in [-0.39, 0.29) is 0 Å². The van der Waals surface area contributed by atoms with Gasteiger partial charge in [0.2, 0.25) is 0 Å². The molecule has 0 aromatic heterocycles. The van der Waals surface area contributed by atoms with Crippen molar-refractivity contribution in [2.45, 2.75) is 10.5 Å². The second kappa shape index (κ2) is 3.07. The average Bonchev–Trinajstić information content (AvgIpc) is 1.52. The largest absolute Gasteiger partial charge is 0.523 e. The van der Waals surface area contributed by atoms with Crippen LogP contribution < -0.4 is 0 Å². The highest BCUT2D eigenvalue weighted by Crippen LogP contribution is 2.33. The van der Waals surface area contributed by atoms with Gasteiger partial charge in [0, 0.05) is 15.9 Å². The maximum Gasteiger partial charge on any atom is 0.523 e. The van der Waals surface area contributed by atoms with E-state index in [0.717, 1.165) is 0 Å². The molecule has 10 heteroatoms. The van der Waals surface area contributed by atoms with Crippen molar-refractivity contribution in [3.8, 4) is 0 Å². The fourth-order valence-corrected chi connectivity index (χ4v) is 1.04. The normalized spacial score (nSPS) is 14.8. The highest BCUT2D eigenvalue weighted by atomic mass is 79.9. The minimum Gasteiger partial charge on any atom is -0.189 e. The van der Waals surface area contributed by atoms with Gasteiger partial charge in [-0.2, -0.15) is 34.6 Å². The molecule has 0 aliphatic rings. The van der Waals surface area contributed by atoms with E-state index in [1.807, 2.05) is 0 Å². The fourth-order valence-electron chi connectivity index (χ4n) is 0.172. The van der Waals surface area contributed by atoms with Gasteiger partial charge in [-0.3, -0.25) is 0 Å². The lowest BCUT2D eigenvalue weighted by atomic mass is 11.5. The van der Waals surface area contributed by atoms with Gasteiger partial charge < -0.3 is 0 Å². The first-order valence-corrected chi connectivity index (χ1v) is 4.24. The highest BCUT2D eigenvalue weighted by Gasteiger charge is 2.52. The van der Waals surface area contributed by atoms with E-state index in [4.69, 9.17) is 0 Å². The van der Waals surface area contributed by atoms with Gasteiger partial charge in [0.15, 0.2) is 0 Å². The Kier molecular flexibility index (Phi) is 3.08. The Morgan fingerprint density at radius 1 is 1.08 bits per heavy atom. The minimum atomic E-state index is -6.25. The van der Waals surface area contributed by atoms with Gasteiger partial charge in [-0.15, -0.1) is 0 Å². The van der Waals surface area contributed by atoms with E-state index in [0.29, 0.717) is 0 Å². The molecular formula is C2BrF5O3S. The molecule has 0 N–H and O–H groups in total. The predicted octanol–water partition coefficient (Wildman–Crippen LogP) is 1.80. The van der Waals surface area contributed by atoms with Crippen molar-refractivity contribution in [1.29, 1.82) is 0 Å². The number of hydrogen-bond donors (Lipinski definition) is 0. The van der Waals surface area contributed by atoms with Crippen molar-refractivity contribution in [2.24, 2.45) is 0 Å². The lowest BCUT2D eigenvalue weighted by Crippen LogP contribution is -2.30. The summed E-state index contributed by atoms with van der Waals surface area (Å²) >= 11 is 1.27. The van der Waals surface area contributed by atoms with E-state index < -0.39 is 20.6 Å². The minimum absolute atomic E-state index is 1.27. The molecule has 0 aromatic carbocycles. The van der Waals surface area contributed by atoms with Crippen LogP contribution in [0.2, 0.25) is 0 Å². The third-order valence-electron chi connectivity index (χ3n) is 0.488. The Bertz CT molecular complexity index is 249. The van der Waals surface area contributed by atoms with Crippen molar-refractivity contribution < 1.29 is 34.6 Å². The summed E-state index contributed by atoms with van der Waals surface area (Å²) < 4.78 is 79.1. The van der Waals surface area contributed by atoms with Gasteiger partial charge in [-0.05, 0) is 0 Å². The monoisotopic (exact) mass is 278 g/mol. The molecule has 74 valence electrons. The molecule has 0 rings (SSSR count). The lowest BCUT2D eigenvalue weighted by molar-refractivity contribution is -0.108. The molecule has 0 amide bonds. The third kappa shape index (κ3) is 3.63. The molecule has 0 aromatic rings. The summed E-state index contributed by atoms with van der Waals surface area (Å²) in [5.41, 5.74) is -5.86. The van der Waals surface area contributed by atoms with Crippen LogP contribution in [0.4, 0.5) is 22.0 Å². The van der Waals surface area contributed by atoms with Crippen molar-refractivity contribution in [3.05, 3.63) is 0 Å². The SMILES string of the molecule is O=S(=O)(OC(F)(F)Br)C(F)(F)F. The highest BCUT2D eigenvalue weighted by molar-refractivity contribution is 9.09. The number of alkyl halides is 6. The summed E-state index contributed by atoms with van der Waals surface area (Å²) in [5.74, 6) is 0. The first-order valence-electron chi connectivity index (χ1n) is 2.04. The Labute approximate surface area is 71.7 Å². The van der Waals surface area contributed by atoms with E-state index in [1.54, 1.807) is 0 Å². The van der Waals surface area contributed by atoms with Crippen LogP contribution in [0.15, 0.2) is 0 Å². The van der Waals surface area contributed by atoms with E-state index in [1.165, 1.54) is 15.9 Å². The van der Waals surface area contributed by atoms with Crippen LogP contribution in [0.25, 0.3) is 0 Å². The molecule has 0 heterocycles. The summed E-state index contributed by atoms with van der Waals surface area (Å²) in [6.07, 6.45) is 0. The van der Waals surface area contributed by atoms with Crippen LogP contribution in [0.5, 0.6) is 0 Å². The van der Waals surface area contributed by atoms with Gasteiger partial charge in [0.1, 0.15) is 0 Å². The molecule has 0 saturated carbocycles. The molecule has 0 saturated heterocycles. The van der Waals surface area contributed by atoms with Crippen molar-refractivity contribution >= 4 is 26.0 Å². The number of halogens is 6. The van der Waals surface area contributed by atoms with Gasteiger partial charge in [-0.1, -0.05) is 0 Å². The summed E-state index contributed by atoms with van der Waals surface area (Å²) in [6.45, 7) is 0. The maximum atomic E-state index is 11.6. The lowest BCUT2D eigenvalue weighted by Gasteiger charge is -2.11. The number of rotatable bonds is 2. The Hall–Kier alpha value is 0.0400. The van der Waals surface area contributed by atoms with Gasteiger partial charge in [-0.25, -0.2) is 0 Å². The van der Waals surface area contributed by atoms with E-state index in [9.17, 15) is 30.4 Å². The zero-order chi connectivity index (χ0) is 10.2. The summed E-state index contributed by atoms with van der Waals surface area (Å²) in [4.78, 5) is 0. The molecule has 0 atom stereocenters. The third-order valence-corrected chi connectivity index (χ3v) is 1.86. The van der Waals surface area contributed by atoms with Crippen molar-refractivity contribution in [1.82, 2.24) is 0 Å². The Balaban J connectivity index is 4.70. The maximum absolute atomic E-state index is 11.6. The molecule has 0 unspecified atom stereocenters. The second-order valence-electron chi connectivity index (χ2n) is 1.43. The second-order valence-corrected chi connectivity index (χ2v) is 3.89. The molecular weight excluding hydrogens is 279 g/mol. The fraction of sp³-hybridized carbons (Fsp3) is 1.00. The van der Waals surface area contributed by atoms with Crippen LogP contribution >= 0.6 is 15.9 Å². The molecule has 0 aliphatic carbocycles. The Morgan fingerprint density at radius 2 is 1.42 bits per heavy atom.